The number of amides is 3. The number of fused-ring (bicyclic) bond motifs is 2. The molecule has 2 saturated heterocycles. The zero-order chi connectivity index (χ0) is 37.9. The topological polar surface area (TPSA) is 149 Å². The van der Waals surface area contributed by atoms with Crippen molar-refractivity contribution < 1.29 is 28.6 Å². The number of carbonyl (C=O) groups excluding carboxylic acids is 3. The highest BCUT2D eigenvalue weighted by Crippen LogP contribution is 2.40. The van der Waals surface area contributed by atoms with Crippen molar-refractivity contribution in [1.82, 2.24) is 25.0 Å². The van der Waals surface area contributed by atoms with E-state index in [-0.39, 0.29) is 18.2 Å². The summed E-state index contributed by atoms with van der Waals surface area (Å²) in [5.74, 6) is 0.660. The summed E-state index contributed by atoms with van der Waals surface area (Å²) in [5, 5.41) is 16.9. The van der Waals surface area contributed by atoms with Gasteiger partial charge in [-0.25, -0.2) is 0 Å². The summed E-state index contributed by atoms with van der Waals surface area (Å²) >= 11 is 12.7. The molecule has 3 amide bonds. The third-order valence-electron chi connectivity index (χ3n) is 10.1. The van der Waals surface area contributed by atoms with Gasteiger partial charge in [0.1, 0.15) is 17.9 Å². The molecule has 1 unspecified atom stereocenters. The highest BCUT2D eigenvalue weighted by atomic mass is 35.5. The minimum atomic E-state index is -0.613. The van der Waals surface area contributed by atoms with Crippen molar-refractivity contribution in [2.75, 3.05) is 58.9 Å². The molecule has 0 saturated carbocycles. The first kappa shape index (κ1) is 37.2. The van der Waals surface area contributed by atoms with Crippen molar-refractivity contribution in [2.24, 2.45) is 0 Å². The van der Waals surface area contributed by atoms with E-state index >= 15 is 0 Å². The van der Waals surface area contributed by atoms with Crippen LogP contribution >= 0.6 is 23.2 Å². The van der Waals surface area contributed by atoms with Crippen LogP contribution < -0.4 is 24.8 Å². The number of nitriles is 1. The standard InChI is InChI=1S/C39H39Cl2N7O6/c1-52-33-18-31(28(40)16-29(33)41)44-37-25(19-42)20-43-30-17-35(34(53-2)15-27(30)37)54-13-3-8-46-9-11-47(12-10-46)21-23-4-5-26-24(14-23)22-48(39(26)51)32-6-7-36(49)45-38(32)50/h4-5,14-18,20,32H,3,6-13,21-22H2,1-2H3,(H,43,44)(H,45,49,50). The minimum absolute atomic E-state index is 0.155. The number of anilines is 2. The molecule has 0 bridgehead atoms. The van der Waals surface area contributed by atoms with E-state index in [4.69, 9.17) is 37.4 Å². The lowest BCUT2D eigenvalue weighted by Gasteiger charge is -2.34. The fraction of sp³-hybridized carbons (Fsp3) is 0.359. The van der Waals surface area contributed by atoms with Crippen LogP contribution in [0.5, 0.6) is 17.2 Å². The van der Waals surface area contributed by atoms with E-state index in [1.165, 1.54) is 13.3 Å². The molecule has 1 aromatic heterocycles. The maximum absolute atomic E-state index is 13.1. The number of halogens is 2. The van der Waals surface area contributed by atoms with Gasteiger partial charge in [-0.1, -0.05) is 35.3 Å². The Balaban J connectivity index is 0.915. The number of rotatable bonds is 12. The molecule has 4 heterocycles. The van der Waals surface area contributed by atoms with Crippen LogP contribution in [0.3, 0.4) is 0 Å². The predicted octanol–water partition coefficient (Wildman–Crippen LogP) is 5.52. The van der Waals surface area contributed by atoms with E-state index < -0.39 is 11.9 Å². The van der Waals surface area contributed by atoms with Gasteiger partial charge in [0.05, 0.1) is 53.3 Å². The molecule has 15 heteroatoms. The zero-order valence-electron chi connectivity index (χ0n) is 29.9. The number of ether oxygens (including phenoxy) is 3. The monoisotopic (exact) mass is 771 g/mol. The van der Waals surface area contributed by atoms with Crippen molar-refractivity contribution in [3.63, 3.8) is 0 Å². The molecule has 0 radical (unpaired) electrons. The van der Waals surface area contributed by atoms with E-state index in [1.807, 2.05) is 18.2 Å². The second kappa shape index (κ2) is 16.1. The van der Waals surface area contributed by atoms with E-state index in [1.54, 1.807) is 30.2 Å². The molecule has 7 rings (SSSR count). The van der Waals surface area contributed by atoms with Crippen LogP contribution in [0.1, 0.15) is 46.3 Å². The number of piperazine rings is 1. The molecule has 4 aromatic rings. The number of methoxy groups -OCH3 is 2. The van der Waals surface area contributed by atoms with Gasteiger partial charge in [0.25, 0.3) is 5.91 Å². The Bertz CT molecular complexity index is 2170. The molecule has 280 valence electrons. The fourth-order valence-corrected chi connectivity index (χ4v) is 7.74. The Kier molecular flexibility index (Phi) is 11.1. The van der Waals surface area contributed by atoms with Crippen LogP contribution in [-0.4, -0.2) is 97.0 Å². The predicted molar refractivity (Wildman–Crippen MR) is 204 cm³/mol. The molecular weight excluding hydrogens is 733 g/mol. The number of benzene rings is 3. The summed E-state index contributed by atoms with van der Waals surface area (Å²) in [7, 11) is 3.09. The summed E-state index contributed by atoms with van der Waals surface area (Å²) in [4.78, 5) is 48.0. The second-order valence-corrected chi connectivity index (χ2v) is 14.3. The first-order chi connectivity index (χ1) is 26.1. The van der Waals surface area contributed by atoms with Gasteiger partial charge in [-0.2, -0.15) is 5.26 Å². The van der Waals surface area contributed by atoms with Crippen molar-refractivity contribution in [3.8, 4) is 23.3 Å². The Morgan fingerprint density at radius 2 is 1.74 bits per heavy atom. The largest absolute Gasteiger partial charge is 0.495 e. The molecule has 3 aliphatic rings. The van der Waals surface area contributed by atoms with E-state index in [2.05, 4.69) is 37.6 Å². The van der Waals surface area contributed by atoms with Gasteiger partial charge in [-0.05, 0) is 42.2 Å². The quantitative estimate of drug-likeness (QED) is 0.139. The minimum Gasteiger partial charge on any atom is -0.495 e. The number of carbonyl (C=O) groups is 3. The number of nitrogens with one attached hydrogen (secondary N) is 2. The summed E-state index contributed by atoms with van der Waals surface area (Å²) in [6, 6.07) is 14.4. The third-order valence-corrected chi connectivity index (χ3v) is 10.7. The second-order valence-electron chi connectivity index (χ2n) is 13.5. The molecule has 0 aliphatic carbocycles. The number of aromatic nitrogens is 1. The van der Waals surface area contributed by atoms with Gasteiger partial charge in [0, 0.05) is 81.5 Å². The van der Waals surface area contributed by atoms with Crippen molar-refractivity contribution >= 4 is 63.2 Å². The van der Waals surface area contributed by atoms with E-state index in [0.717, 1.165) is 56.8 Å². The average Bonchev–Trinajstić information content (AvgIpc) is 3.49. The Labute approximate surface area is 322 Å². The Hall–Kier alpha value is -5.13. The van der Waals surface area contributed by atoms with Crippen LogP contribution in [0.25, 0.3) is 10.9 Å². The van der Waals surface area contributed by atoms with Crippen LogP contribution in [0.2, 0.25) is 10.0 Å². The lowest BCUT2D eigenvalue weighted by molar-refractivity contribution is -0.136. The maximum Gasteiger partial charge on any atom is 0.255 e. The molecule has 1 atom stereocenters. The molecule has 3 aliphatic heterocycles. The lowest BCUT2D eigenvalue weighted by atomic mass is 10.0. The number of hydrogen-bond acceptors (Lipinski definition) is 11. The van der Waals surface area contributed by atoms with Crippen LogP contribution in [0.15, 0.2) is 48.7 Å². The highest BCUT2D eigenvalue weighted by molar-refractivity contribution is 6.37. The number of piperidine rings is 1. The Morgan fingerprint density at radius 1 is 0.963 bits per heavy atom. The van der Waals surface area contributed by atoms with Gasteiger partial charge in [0.15, 0.2) is 11.5 Å². The molecule has 54 heavy (non-hydrogen) atoms. The summed E-state index contributed by atoms with van der Waals surface area (Å²) in [6.07, 6.45) is 2.91. The molecule has 2 N–H and O–H groups in total. The summed E-state index contributed by atoms with van der Waals surface area (Å²) < 4.78 is 17.2. The number of pyridine rings is 1. The maximum atomic E-state index is 13.1. The average molecular weight is 773 g/mol. The number of nitrogens with zero attached hydrogens (tertiary/aromatic N) is 5. The lowest BCUT2D eigenvalue weighted by Crippen LogP contribution is -2.52. The van der Waals surface area contributed by atoms with E-state index in [0.29, 0.717) is 80.3 Å². The highest BCUT2D eigenvalue weighted by Gasteiger charge is 2.39. The van der Waals surface area contributed by atoms with Gasteiger partial charge in [-0.3, -0.25) is 29.6 Å². The number of imide groups is 1. The van der Waals surface area contributed by atoms with E-state index in [9.17, 15) is 19.6 Å². The fourth-order valence-electron chi connectivity index (χ4n) is 7.23. The molecular formula is C39H39Cl2N7O6. The van der Waals surface area contributed by atoms with Gasteiger partial charge in [-0.15, -0.1) is 0 Å². The molecule has 13 nitrogen and oxygen atoms in total. The third kappa shape index (κ3) is 7.74. The first-order valence-electron chi connectivity index (χ1n) is 17.7. The summed E-state index contributed by atoms with van der Waals surface area (Å²) in [6.45, 7) is 6.20. The van der Waals surface area contributed by atoms with Gasteiger partial charge in [0.2, 0.25) is 11.8 Å². The molecule has 2 fully saturated rings. The molecule has 0 spiro atoms. The van der Waals surface area contributed by atoms with Crippen LogP contribution in [0.4, 0.5) is 11.4 Å². The SMILES string of the molecule is COc1cc(Nc2c(C#N)cnc3cc(OCCCN4CCN(Cc5ccc6c(c5)CN(C5CCC(=O)NC5=O)C6=O)CC4)c(OC)cc23)c(Cl)cc1Cl. The van der Waals surface area contributed by atoms with Crippen molar-refractivity contribution in [3.05, 3.63) is 81.0 Å². The summed E-state index contributed by atoms with van der Waals surface area (Å²) in [5.41, 5.74) is 4.65. The first-order valence-corrected chi connectivity index (χ1v) is 18.5. The van der Waals surface area contributed by atoms with Gasteiger partial charge >= 0.3 is 0 Å². The normalized spacial score (nSPS) is 17.6. The molecule has 3 aromatic carbocycles. The smallest absolute Gasteiger partial charge is 0.255 e. The number of hydrogen-bond donors (Lipinski definition) is 2. The van der Waals surface area contributed by atoms with Crippen molar-refractivity contribution in [2.45, 2.75) is 38.4 Å². The van der Waals surface area contributed by atoms with Crippen LogP contribution in [0, 0.1) is 11.3 Å². The Morgan fingerprint density at radius 3 is 2.48 bits per heavy atom. The van der Waals surface area contributed by atoms with Gasteiger partial charge < -0.3 is 29.3 Å². The van der Waals surface area contributed by atoms with Crippen molar-refractivity contribution in [1.29, 1.82) is 5.26 Å². The zero-order valence-corrected chi connectivity index (χ0v) is 31.4. The van der Waals surface area contributed by atoms with Crippen LogP contribution in [-0.2, 0) is 22.7 Å².